The van der Waals surface area contributed by atoms with Crippen molar-refractivity contribution in [2.45, 2.75) is 33.7 Å². The van der Waals surface area contributed by atoms with Crippen LogP contribution in [0.4, 0.5) is 5.69 Å². The highest BCUT2D eigenvalue weighted by Gasteiger charge is 2.21. The topological polar surface area (TPSA) is 46.2 Å². The lowest BCUT2D eigenvalue weighted by Crippen LogP contribution is -2.39. The molecule has 1 aromatic rings. The quantitative estimate of drug-likeness (QED) is 0.696. The van der Waals surface area contributed by atoms with Crippen molar-refractivity contribution in [3.05, 3.63) is 26.5 Å². The van der Waals surface area contributed by atoms with Crippen LogP contribution >= 0.6 is 0 Å². The lowest BCUT2D eigenvalue weighted by molar-refractivity contribution is 0.359. The van der Waals surface area contributed by atoms with E-state index in [9.17, 15) is 9.59 Å². The van der Waals surface area contributed by atoms with Crippen molar-refractivity contribution in [2.24, 2.45) is 5.41 Å². The molecule has 0 saturated heterocycles. The molecule has 1 rings (SSSR count). The van der Waals surface area contributed by atoms with Crippen molar-refractivity contribution < 1.29 is 0 Å². The van der Waals surface area contributed by atoms with E-state index in [-0.39, 0.29) is 11.5 Å². The number of hydrogen-bond acceptors (Lipinski definition) is 3. The van der Waals surface area contributed by atoms with Gasteiger partial charge >= 0.3 is 0 Å². The molecule has 0 aliphatic rings. The number of hydrogen-bond donors (Lipinski definition) is 1. The van der Waals surface area contributed by atoms with E-state index in [1.165, 1.54) is 6.07 Å². The first-order valence-electron chi connectivity index (χ1n) is 4.39. The monoisotopic (exact) mass is 181 g/mol. The number of rotatable bonds is 2. The van der Waals surface area contributed by atoms with Crippen LogP contribution in [-0.4, -0.2) is 6.04 Å². The summed E-state index contributed by atoms with van der Waals surface area (Å²) in [6, 6.07) is 1.53. The van der Waals surface area contributed by atoms with Crippen LogP contribution < -0.4 is 16.2 Å². The van der Waals surface area contributed by atoms with E-state index in [2.05, 4.69) is 26.1 Å². The molecule has 0 aliphatic heterocycles. The van der Waals surface area contributed by atoms with Gasteiger partial charge in [0.25, 0.3) is 0 Å². The first-order chi connectivity index (χ1) is 5.82. The molecule has 3 nitrogen and oxygen atoms in total. The molecule has 72 valence electrons. The molecule has 0 amide bonds. The van der Waals surface area contributed by atoms with Crippen LogP contribution in [0.25, 0.3) is 0 Å². The van der Waals surface area contributed by atoms with Gasteiger partial charge in [-0.2, -0.15) is 0 Å². The molecule has 1 atom stereocenters. The second kappa shape index (κ2) is 2.98. The largest absolute Gasteiger partial charge is 0.379 e. The van der Waals surface area contributed by atoms with E-state index in [1.54, 1.807) is 0 Å². The van der Waals surface area contributed by atoms with Crippen molar-refractivity contribution in [3.63, 3.8) is 0 Å². The summed E-state index contributed by atoms with van der Waals surface area (Å²) in [4.78, 5) is 21.5. The Morgan fingerprint density at radius 1 is 1.31 bits per heavy atom. The van der Waals surface area contributed by atoms with Gasteiger partial charge in [-0.3, -0.25) is 9.59 Å². The standard InChI is InChI=1S/C10H15NO2/c1-6(10(2,3)4)11-7-5-8(12)9(7)13/h5-6,11H,1-4H3. The van der Waals surface area contributed by atoms with Gasteiger partial charge in [0.05, 0.1) is 5.69 Å². The molecule has 0 saturated carbocycles. The normalized spacial score (nSPS) is 14.5. The van der Waals surface area contributed by atoms with Crippen LogP contribution in [0.3, 0.4) is 0 Å². The predicted molar refractivity (Wildman–Crippen MR) is 53.9 cm³/mol. The molecule has 1 unspecified atom stereocenters. The summed E-state index contributed by atoms with van der Waals surface area (Å²) in [6.45, 7) is 8.24. The maximum absolute atomic E-state index is 10.9. The fraction of sp³-hybridized carbons (Fsp3) is 0.600. The Hall–Kier alpha value is -1.12. The Morgan fingerprint density at radius 3 is 2.15 bits per heavy atom. The van der Waals surface area contributed by atoms with Crippen molar-refractivity contribution in [3.8, 4) is 0 Å². The highest BCUT2D eigenvalue weighted by atomic mass is 16.2. The Kier molecular flexibility index (Phi) is 2.28. The van der Waals surface area contributed by atoms with Gasteiger partial charge in [0.15, 0.2) is 0 Å². The van der Waals surface area contributed by atoms with Gasteiger partial charge in [-0.1, -0.05) is 20.8 Å². The van der Waals surface area contributed by atoms with E-state index in [4.69, 9.17) is 0 Å². The summed E-state index contributed by atoms with van der Waals surface area (Å²) >= 11 is 0. The smallest absolute Gasteiger partial charge is 0.248 e. The predicted octanol–water partition coefficient (Wildman–Crippen LogP) is 1.13. The summed E-state index contributed by atoms with van der Waals surface area (Å²) in [7, 11) is 0. The molecule has 3 heteroatoms. The molecular formula is C10H15NO2. The fourth-order valence-corrected chi connectivity index (χ4v) is 0.874. The van der Waals surface area contributed by atoms with Gasteiger partial charge in [0.1, 0.15) is 0 Å². The van der Waals surface area contributed by atoms with Crippen LogP contribution in [-0.2, 0) is 0 Å². The average Bonchev–Trinajstić information content (AvgIpc) is 2.01. The zero-order chi connectivity index (χ0) is 10.2. The van der Waals surface area contributed by atoms with Crippen molar-refractivity contribution >= 4 is 5.69 Å². The molecule has 0 aliphatic carbocycles. The molecule has 0 bridgehead atoms. The minimum Gasteiger partial charge on any atom is -0.379 e. The highest BCUT2D eigenvalue weighted by Crippen LogP contribution is 2.21. The Bertz CT molecular complexity index is 366. The van der Waals surface area contributed by atoms with Gasteiger partial charge in [0, 0.05) is 12.1 Å². The minimum absolute atomic E-state index is 0.0831. The third-order valence-electron chi connectivity index (χ3n) is 2.41. The van der Waals surface area contributed by atoms with Crippen LogP contribution in [0.15, 0.2) is 15.7 Å². The van der Waals surface area contributed by atoms with Gasteiger partial charge in [-0.25, -0.2) is 0 Å². The maximum atomic E-state index is 10.9. The third kappa shape index (κ3) is 1.97. The second-order valence-corrected chi connectivity index (χ2v) is 4.48. The fourth-order valence-electron chi connectivity index (χ4n) is 0.874. The molecule has 0 aromatic heterocycles. The Labute approximate surface area is 77.5 Å². The highest BCUT2D eigenvalue weighted by molar-refractivity contribution is 5.48. The average molecular weight is 181 g/mol. The lowest BCUT2D eigenvalue weighted by atomic mass is 9.88. The van der Waals surface area contributed by atoms with Gasteiger partial charge in [-0.05, 0) is 12.3 Å². The van der Waals surface area contributed by atoms with Gasteiger partial charge in [-0.15, -0.1) is 0 Å². The molecule has 13 heavy (non-hydrogen) atoms. The van der Waals surface area contributed by atoms with E-state index in [1.807, 2.05) is 6.92 Å². The number of nitrogens with one attached hydrogen (secondary N) is 1. The minimum atomic E-state index is -0.399. The SMILES string of the molecule is CC(Nc1cc(=O)c1=O)C(C)(C)C. The number of anilines is 1. The summed E-state index contributed by atoms with van der Waals surface area (Å²) in [5, 5.41) is 3.03. The van der Waals surface area contributed by atoms with E-state index in [0.717, 1.165) is 0 Å². The van der Waals surface area contributed by atoms with E-state index >= 15 is 0 Å². The Balaban J connectivity index is 2.68. The van der Waals surface area contributed by atoms with Crippen molar-refractivity contribution in [1.82, 2.24) is 0 Å². The van der Waals surface area contributed by atoms with Crippen LogP contribution in [0.2, 0.25) is 0 Å². The van der Waals surface area contributed by atoms with Crippen LogP contribution in [0, 0.1) is 5.41 Å². The van der Waals surface area contributed by atoms with Gasteiger partial charge in [0.2, 0.25) is 10.9 Å². The first kappa shape index (κ1) is 9.96. The summed E-state index contributed by atoms with van der Waals surface area (Å²) < 4.78 is 0. The van der Waals surface area contributed by atoms with Crippen molar-refractivity contribution in [1.29, 1.82) is 0 Å². The van der Waals surface area contributed by atoms with E-state index < -0.39 is 10.9 Å². The molecule has 0 heterocycles. The van der Waals surface area contributed by atoms with Crippen LogP contribution in [0.5, 0.6) is 0 Å². The summed E-state index contributed by atoms with van der Waals surface area (Å²) in [6.07, 6.45) is 0. The summed E-state index contributed by atoms with van der Waals surface area (Å²) in [5.74, 6) is 0. The molecule has 1 N–H and O–H groups in total. The Morgan fingerprint density at radius 2 is 1.85 bits per heavy atom. The molecular weight excluding hydrogens is 166 g/mol. The molecule has 0 spiro atoms. The molecule has 1 aromatic carbocycles. The molecule has 0 fully saturated rings. The van der Waals surface area contributed by atoms with Gasteiger partial charge < -0.3 is 5.32 Å². The summed E-state index contributed by atoms with van der Waals surface area (Å²) in [5.41, 5.74) is -0.258. The van der Waals surface area contributed by atoms with Crippen molar-refractivity contribution in [2.75, 3.05) is 5.32 Å². The molecule has 0 radical (unpaired) electrons. The zero-order valence-corrected chi connectivity index (χ0v) is 8.47. The lowest BCUT2D eigenvalue weighted by Gasteiger charge is -2.28. The first-order valence-corrected chi connectivity index (χ1v) is 4.39. The van der Waals surface area contributed by atoms with E-state index in [0.29, 0.717) is 5.69 Å². The maximum Gasteiger partial charge on any atom is 0.248 e. The second-order valence-electron chi connectivity index (χ2n) is 4.48. The van der Waals surface area contributed by atoms with Crippen LogP contribution in [0.1, 0.15) is 27.7 Å². The third-order valence-corrected chi connectivity index (χ3v) is 2.41. The zero-order valence-electron chi connectivity index (χ0n) is 8.47.